The number of amides is 1. The summed E-state index contributed by atoms with van der Waals surface area (Å²) >= 11 is 0. The number of nitrogens with zero attached hydrogens (tertiary/aromatic N) is 5. The number of ether oxygens (including phenoxy) is 3. The normalized spacial score (nSPS) is 27.5. The smallest absolute Gasteiger partial charge is 0.310 e. The van der Waals surface area contributed by atoms with Crippen LogP contribution >= 0.6 is 0 Å². The van der Waals surface area contributed by atoms with E-state index in [0.29, 0.717) is 59.9 Å². The number of aromatic nitrogens is 3. The zero-order chi connectivity index (χ0) is 43.9. The molecule has 3 aromatic rings. The van der Waals surface area contributed by atoms with Gasteiger partial charge in [0.05, 0.1) is 35.9 Å². The molecule has 62 heavy (non-hydrogen) atoms. The van der Waals surface area contributed by atoms with Gasteiger partial charge in [0.1, 0.15) is 36.1 Å². The van der Waals surface area contributed by atoms with Gasteiger partial charge in [-0.3, -0.25) is 24.1 Å². The van der Waals surface area contributed by atoms with Gasteiger partial charge in [0.25, 0.3) is 0 Å². The quantitative estimate of drug-likeness (QED) is 0.123. The van der Waals surface area contributed by atoms with Gasteiger partial charge in [-0.05, 0) is 101 Å². The number of carboxylic acids is 1. The van der Waals surface area contributed by atoms with Crippen LogP contribution < -0.4 is 14.8 Å². The Morgan fingerprint density at radius 2 is 1.74 bits per heavy atom. The van der Waals surface area contributed by atoms with Crippen LogP contribution in [0.5, 0.6) is 11.5 Å². The number of esters is 1. The standard InChI is InChI=1S/C48H66N6O8/c1-7-32-26-48(32,46(58)59)27-40(55)39-23-35(28-53(39)45(57)37(47(4,5)6)24-44(56)62-34-20-30-19-31(30)21-34)61-41-25-43(54-16-13-42(51-54)49-29(2)3)50-38-22-33(11-12-36(38)41)60-18-17-52-14-9-8-10-15-52/h11-13,16,22,25,29-32,34-35,37,39H,7-10,14-15,17-21,23-24,26-28H2,1-6H3,(H,49,51)(H,58,59)/t30?,31?,32?,34?,35-,37-,39?,48?/m1/s1. The molecule has 14 nitrogen and oxygen atoms in total. The van der Waals surface area contributed by atoms with Gasteiger partial charge in [0.2, 0.25) is 5.91 Å². The summed E-state index contributed by atoms with van der Waals surface area (Å²) in [7, 11) is 0. The molecule has 4 heterocycles. The lowest BCUT2D eigenvalue weighted by atomic mass is 9.77. The summed E-state index contributed by atoms with van der Waals surface area (Å²) in [4.78, 5) is 64.4. The van der Waals surface area contributed by atoms with Gasteiger partial charge in [-0.25, -0.2) is 9.67 Å². The molecule has 3 aliphatic carbocycles. The maximum atomic E-state index is 14.9. The minimum Gasteiger partial charge on any atom is -0.492 e. The van der Waals surface area contributed by atoms with Crippen LogP contribution in [0.2, 0.25) is 0 Å². The Hall–Kier alpha value is -4.72. The summed E-state index contributed by atoms with van der Waals surface area (Å²) in [5.41, 5.74) is -1.14. The third-order valence-corrected chi connectivity index (χ3v) is 14.2. The zero-order valence-corrected chi connectivity index (χ0v) is 37.4. The molecule has 5 unspecified atom stereocenters. The van der Waals surface area contributed by atoms with Crippen molar-refractivity contribution in [2.75, 3.05) is 38.1 Å². The Labute approximate surface area is 365 Å². The van der Waals surface area contributed by atoms with E-state index in [9.17, 15) is 24.3 Å². The van der Waals surface area contributed by atoms with Gasteiger partial charge in [-0.1, -0.05) is 40.5 Å². The Morgan fingerprint density at radius 1 is 0.984 bits per heavy atom. The lowest BCUT2D eigenvalue weighted by Crippen LogP contribution is -2.48. The van der Waals surface area contributed by atoms with Crippen molar-refractivity contribution >= 4 is 40.3 Å². The van der Waals surface area contributed by atoms with Gasteiger partial charge >= 0.3 is 11.9 Å². The van der Waals surface area contributed by atoms with Gasteiger partial charge < -0.3 is 29.5 Å². The fourth-order valence-corrected chi connectivity index (χ4v) is 10.4. The van der Waals surface area contributed by atoms with E-state index >= 15 is 0 Å². The highest BCUT2D eigenvalue weighted by Crippen LogP contribution is 2.58. The van der Waals surface area contributed by atoms with Crippen molar-refractivity contribution in [1.29, 1.82) is 0 Å². The van der Waals surface area contributed by atoms with Gasteiger partial charge in [0.15, 0.2) is 11.6 Å². The number of nitrogens with one attached hydrogen (secondary N) is 1. The van der Waals surface area contributed by atoms with E-state index in [1.54, 1.807) is 9.58 Å². The van der Waals surface area contributed by atoms with E-state index in [1.807, 2.05) is 78.1 Å². The summed E-state index contributed by atoms with van der Waals surface area (Å²) in [5.74, 6) is 0.830. The summed E-state index contributed by atoms with van der Waals surface area (Å²) in [5, 5.41) is 19.1. The fraction of sp³-hybridized carbons (Fsp3) is 0.667. The first-order chi connectivity index (χ1) is 29.6. The molecule has 0 bridgehead atoms. The average Bonchev–Trinajstić information content (AvgIpc) is 3.89. The van der Waals surface area contributed by atoms with Crippen molar-refractivity contribution < 1.29 is 38.5 Å². The van der Waals surface area contributed by atoms with Crippen LogP contribution in [0.4, 0.5) is 5.82 Å². The number of Topliss-reactive ketones (excluding diaryl/α,β-unsaturated/α-hetero) is 1. The summed E-state index contributed by atoms with van der Waals surface area (Å²) < 4.78 is 20.7. The van der Waals surface area contributed by atoms with E-state index in [-0.39, 0.29) is 55.6 Å². The third-order valence-electron chi connectivity index (χ3n) is 14.2. The zero-order valence-electron chi connectivity index (χ0n) is 37.4. The largest absolute Gasteiger partial charge is 0.492 e. The highest BCUT2D eigenvalue weighted by Gasteiger charge is 2.61. The second-order valence-corrected chi connectivity index (χ2v) is 20.2. The van der Waals surface area contributed by atoms with Crippen molar-refractivity contribution in [2.45, 2.75) is 136 Å². The molecule has 3 saturated carbocycles. The van der Waals surface area contributed by atoms with Crippen LogP contribution in [-0.4, -0.2) is 110 Å². The monoisotopic (exact) mass is 854 g/mol. The second-order valence-electron chi connectivity index (χ2n) is 20.2. The van der Waals surface area contributed by atoms with Crippen molar-refractivity contribution in [3.05, 3.63) is 36.5 Å². The molecule has 0 spiro atoms. The predicted molar refractivity (Wildman–Crippen MR) is 234 cm³/mol. The molecule has 5 aliphatic rings. The Morgan fingerprint density at radius 3 is 2.42 bits per heavy atom. The van der Waals surface area contributed by atoms with Gasteiger partial charge in [-0.2, -0.15) is 0 Å². The third kappa shape index (κ3) is 9.75. The van der Waals surface area contributed by atoms with Crippen LogP contribution in [-0.2, 0) is 23.9 Å². The molecule has 0 radical (unpaired) electrons. The molecule has 8 rings (SSSR count). The number of carbonyl (C=O) groups excluding carboxylic acids is 3. The highest BCUT2D eigenvalue weighted by atomic mass is 16.5. The molecule has 1 amide bonds. The van der Waals surface area contributed by atoms with Crippen molar-refractivity contribution in [3.63, 3.8) is 0 Å². The molecule has 2 N–H and O–H groups in total. The maximum absolute atomic E-state index is 14.9. The number of fused-ring (bicyclic) bond motifs is 2. The molecule has 5 fully saturated rings. The summed E-state index contributed by atoms with van der Waals surface area (Å²) in [6.45, 7) is 15.5. The summed E-state index contributed by atoms with van der Waals surface area (Å²) in [6, 6.07) is 8.70. The maximum Gasteiger partial charge on any atom is 0.310 e. The first-order valence-corrected chi connectivity index (χ1v) is 23.2. The van der Waals surface area contributed by atoms with E-state index in [4.69, 9.17) is 24.3 Å². The molecule has 7 atom stereocenters. The molecule has 1 aromatic carbocycles. The number of carbonyl (C=O) groups is 4. The minimum atomic E-state index is -1.13. The Kier molecular flexibility index (Phi) is 12.6. The Bertz CT molecular complexity index is 2130. The van der Waals surface area contributed by atoms with Crippen molar-refractivity contribution in [3.8, 4) is 17.3 Å². The number of pyridine rings is 1. The molecule has 14 heteroatoms. The van der Waals surface area contributed by atoms with Crippen molar-refractivity contribution in [1.82, 2.24) is 24.6 Å². The molecular weight excluding hydrogens is 789 g/mol. The van der Waals surface area contributed by atoms with Crippen LogP contribution in [0, 0.1) is 34.5 Å². The number of ketones is 1. The first-order valence-electron chi connectivity index (χ1n) is 23.2. The summed E-state index contributed by atoms with van der Waals surface area (Å²) in [6.07, 6.45) is 8.76. The molecule has 336 valence electrons. The van der Waals surface area contributed by atoms with Crippen LogP contribution in [0.1, 0.15) is 112 Å². The number of likely N-dealkylation sites (tertiary alicyclic amines) is 2. The second kappa shape index (κ2) is 17.8. The minimum absolute atomic E-state index is 0.0845. The van der Waals surface area contributed by atoms with Gasteiger partial charge in [-0.15, -0.1) is 5.10 Å². The Balaban J connectivity index is 1.07. The molecule has 2 aromatic heterocycles. The lowest BCUT2D eigenvalue weighted by molar-refractivity contribution is -0.157. The number of anilines is 1. The number of rotatable bonds is 18. The predicted octanol–water partition coefficient (Wildman–Crippen LogP) is 7.31. The lowest BCUT2D eigenvalue weighted by Gasteiger charge is -2.35. The fourth-order valence-electron chi connectivity index (χ4n) is 10.4. The van der Waals surface area contributed by atoms with Crippen LogP contribution in [0.25, 0.3) is 16.7 Å². The SMILES string of the molecule is CCC1CC1(CC(=O)C1C[C@@H](Oc2cc(-n3ccc(NC(C)C)n3)nc3cc(OCCN4CCCCC4)ccc23)CN1C(=O)[C@@H](CC(=O)OC1CC2CC2C1)C(C)(C)C)C(=O)O. The van der Waals surface area contributed by atoms with E-state index in [1.165, 1.54) is 25.7 Å². The van der Waals surface area contributed by atoms with Crippen LogP contribution in [0.15, 0.2) is 36.5 Å². The molecule has 2 saturated heterocycles. The van der Waals surface area contributed by atoms with E-state index < -0.39 is 40.8 Å². The van der Waals surface area contributed by atoms with Crippen LogP contribution in [0.3, 0.4) is 0 Å². The molecular formula is C48H66N6O8. The first kappa shape index (κ1) is 43.9. The van der Waals surface area contributed by atoms with Crippen molar-refractivity contribution in [2.24, 2.45) is 34.5 Å². The van der Waals surface area contributed by atoms with E-state index in [0.717, 1.165) is 37.9 Å². The number of benzene rings is 1. The highest BCUT2D eigenvalue weighted by molar-refractivity contribution is 5.95. The molecule has 2 aliphatic heterocycles. The average molecular weight is 855 g/mol. The van der Waals surface area contributed by atoms with E-state index in [2.05, 4.69) is 10.2 Å². The van der Waals surface area contributed by atoms with Gasteiger partial charge in [0, 0.05) is 55.2 Å². The number of hydrogen-bond acceptors (Lipinski definition) is 11. The number of carboxylic acid groups (broad SMARTS) is 1. The number of hydrogen-bond donors (Lipinski definition) is 2. The number of piperidine rings is 1. The topological polar surface area (TPSA) is 165 Å². The number of aliphatic carboxylic acids is 1.